The number of pyridine rings is 2. The number of halogens is 1. The van der Waals surface area contributed by atoms with Crippen LogP contribution in [0.5, 0.6) is 0 Å². The number of benzene rings is 1. The summed E-state index contributed by atoms with van der Waals surface area (Å²) in [6, 6.07) is 14.8. The van der Waals surface area contributed by atoms with Crippen LogP contribution in [0.4, 0.5) is 4.39 Å². The van der Waals surface area contributed by atoms with Crippen LogP contribution in [0.15, 0.2) is 96.2 Å². The van der Waals surface area contributed by atoms with E-state index < -0.39 is 5.54 Å². The Hall–Kier alpha value is -4.53. The average molecular weight is 456 g/mol. The lowest BCUT2D eigenvalue weighted by Gasteiger charge is -2.33. The van der Waals surface area contributed by atoms with E-state index in [2.05, 4.69) is 20.7 Å². The van der Waals surface area contributed by atoms with E-state index in [1.165, 1.54) is 27.4 Å². The van der Waals surface area contributed by atoms with Crippen molar-refractivity contribution in [1.29, 1.82) is 0 Å². The SMILES string of the molecule is O=C(NCC1(c2ccc(F)cc2)C=CC=CN1)c1ccc2nn(Cc3ccccn3)c(=O)n2c1. The summed E-state index contributed by atoms with van der Waals surface area (Å²) in [6.07, 6.45) is 10.5. The zero-order chi connectivity index (χ0) is 23.5. The van der Waals surface area contributed by atoms with E-state index in [1.54, 1.807) is 42.7 Å². The molecule has 9 heteroatoms. The molecule has 1 aromatic carbocycles. The first-order valence-corrected chi connectivity index (χ1v) is 10.7. The maximum atomic E-state index is 13.4. The van der Waals surface area contributed by atoms with Crippen molar-refractivity contribution in [3.8, 4) is 0 Å². The van der Waals surface area contributed by atoms with Gasteiger partial charge in [0.1, 0.15) is 5.82 Å². The fourth-order valence-electron chi connectivity index (χ4n) is 3.88. The largest absolute Gasteiger partial charge is 0.377 e. The second-order valence-corrected chi connectivity index (χ2v) is 7.93. The van der Waals surface area contributed by atoms with Crippen molar-refractivity contribution in [3.63, 3.8) is 0 Å². The summed E-state index contributed by atoms with van der Waals surface area (Å²) >= 11 is 0. The minimum Gasteiger partial charge on any atom is -0.377 e. The molecule has 34 heavy (non-hydrogen) atoms. The molecule has 1 atom stereocenters. The van der Waals surface area contributed by atoms with E-state index in [-0.39, 0.29) is 30.5 Å². The minimum atomic E-state index is -0.730. The standard InChI is InChI=1S/C25H21FN6O2/c26-20-9-7-19(8-10-20)25(12-2-4-14-29-25)17-28-23(33)18-6-11-22-30-32(24(34)31(22)15-18)16-21-5-1-3-13-27-21/h1-15,29H,16-17H2,(H,28,33). The Morgan fingerprint density at radius 1 is 1.09 bits per heavy atom. The Morgan fingerprint density at radius 3 is 2.68 bits per heavy atom. The summed E-state index contributed by atoms with van der Waals surface area (Å²) in [5.74, 6) is -0.682. The third-order valence-corrected chi connectivity index (χ3v) is 5.69. The number of hydrogen-bond donors (Lipinski definition) is 2. The van der Waals surface area contributed by atoms with Crippen LogP contribution in [0.1, 0.15) is 21.6 Å². The highest BCUT2D eigenvalue weighted by Crippen LogP contribution is 2.25. The van der Waals surface area contributed by atoms with Crippen molar-refractivity contribution >= 4 is 11.6 Å². The Morgan fingerprint density at radius 2 is 1.94 bits per heavy atom. The van der Waals surface area contributed by atoms with Gasteiger partial charge in [0.25, 0.3) is 5.91 Å². The summed E-state index contributed by atoms with van der Waals surface area (Å²) in [4.78, 5) is 30.0. The van der Waals surface area contributed by atoms with Gasteiger partial charge in [0, 0.05) is 18.9 Å². The first-order valence-electron chi connectivity index (χ1n) is 10.7. The predicted octanol–water partition coefficient (Wildman–Crippen LogP) is 2.38. The highest BCUT2D eigenvalue weighted by Gasteiger charge is 2.30. The van der Waals surface area contributed by atoms with Crippen molar-refractivity contribution in [2.45, 2.75) is 12.1 Å². The van der Waals surface area contributed by atoms with E-state index in [1.807, 2.05) is 30.4 Å². The van der Waals surface area contributed by atoms with Gasteiger partial charge in [0.15, 0.2) is 5.65 Å². The van der Waals surface area contributed by atoms with Crippen molar-refractivity contribution in [1.82, 2.24) is 29.8 Å². The average Bonchev–Trinajstić information content (AvgIpc) is 3.18. The monoisotopic (exact) mass is 456 g/mol. The van der Waals surface area contributed by atoms with Crippen molar-refractivity contribution in [2.75, 3.05) is 6.54 Å². The van der Waals surface area contributed by atoms with Gasteiger partial charge in [-0.25, -0.2) is 18.3 Å². The second-order valence-electron chi connectivity index (χ2n) is 7.93. The molecule has 4 heterocycles. The first kappa shape index (κ1) is 21.3. The van der Waals surface area contributed by atoms with Crippen LogP contribution < -0.4 is 16.3 Å². The molecule has 0 aliphatic carbocycles. The summed E-state index contributed by atoms with van der Waals surface area (Å²) in [5.41, 5.74) is 1.17. The fourth-order valence-corrected chi connectivity index (χ4v) is 3.88. The molecule has 1 aliphatic heterocycles. The summed E-state index contributed by atoms with van der Waals surface area (Å²) < 4.78 is 16.1. The number of aromatic nitrogens is 4. The Bertz CT molecular complexity index is 1460. The number of fused-ring (bicyclic) bond motifs is 1. The summed E-state index contributed by atoms with van der Waals surface area (Å²) in [7, 11) is 0. The van der Waals surface area contributed by atoms with E-state index in [4.69, 9.17) is 0 Å². The van der Waals surface area contributed by atoms with Crippen LogP contribution in [0.3, 0.4) is 0 Å². The molecule has 0 bridgehead atoms. The van der Waals surface area contributed by atoms with Gasteiger partial charge in [-0.1, -0.05) is 30.4 Å². The number of nitrogens with one attached hydrogen (secondary N) is 2. The van der Waals surface area contributed by atoms with Crippen LogP contribution in [0.25, 0.3) is 5.65 Å². The molecule has 1 aliphatic rings. The Balaban J connectivity index is 1.37. The molecule has 5 rings (SSSR count). The van der Waals surface area contributed by atoms with Crippen LogP contribution in [-0.4, -0.2) is 31.6 Å². The lowest BCUT2D eigenvalue weighted by atomic mass is 9.88. The third kappa shape index (κ3) is 4.11. The molecular formula is C25H21FN6O2. The lowest BCUT2D eigenvalue weighted by molar-refractivity contribution is 0.0944. The van der Waals surface area contributed by atoms with E-state index in [0.29, 0.717) is 16.9 Å². The summed E-state index contributed by atoms with van der Waals surface area (Å²) in [6.45, 7) is 0.443. The number of carbonyl (C=O) groups is 1. The molecule has 0 spiro atoms. The van der Waals surface area contributed by atoms with Crippen molar-refractivity contribution in [3.05, 3.63) is 125 Å². The first-order chi connectivity index (χ1) is 16.5. The van der Waals surface area contributed by atoms with Gasteiger partial charge in [-0.3, -0.25) is 9.78 Å². The molecule has 2 N–H and O–H groups in total. The van der Waals surface area contributed by atoms with Gasteiger partial charge in [0.2, 0.25) is 0 Å². The molecule has 4 aromatic rings. The third-order valence-electron chi connectivity index (χ3n) is 5.69. The molecule has 0 fully saturated rings. The molecule has 170 valence electrons. The number of allylic oxidation sites excluding steroid dienone is 2. The molecular weight excluding hydrogens is 435 g/mol. The molecule has 0 saturated carbocycles. The quantitative estimate of drug-likeness (QED) is 0.465. The molecule has 1 unspecified atom stereocenters. The highest BCUT2D eigenvalue weighted by molar-refractivity contribution is 5.94. The van der Waals surface area contributed by atoms with Crippen LogP contribution in [0.2, 0.25) is 0 Å². The zero-order valence-electron chi connectivity index (χ0n) is 18.1. The Kier molecular flexibility index (Phi) is 5.51. The molecule has 8 nitrogen and oxygen atoms in total. The molecule has 3 aromatic heterocycles. The van der Waals surface area contributed by atoms with E-state index in [9.17, 15) is 14.0 Å². The zero-order valence-corrected chi connectivity index (χ0v) is 18.1. The van der Waals surface area contributed by atoms with Crippen LogP contribution >= 0.6 is 0 Å². The highest BCUT2D eigenvalue weighted by atomic mass is 19.1. The maximum absolute atomic E-state index is 13.4. The van der Waals surface area contributed by atoms with E-state index in [0.717, 1.165) is 5.56 Å². The van der Waals surface area contributed by atoms with Gasteiger partial charge >= 0.3 is 5.69 Å². The van der Waals surface area contributed by atoms with Gasteiger partial charge in [-0.2, -0.15) is 0 Å². The smallest absolute Gasteiger partial charge is 0.350 e. The number of hydrogen-bond acceptors (Lipinski definition) is 5. The molecule has 0 saturated heterocycles. The number of rotatable bonds is 6. The van der Waals surface area contributed by atoms with Gasteiger partial charge in [0.05, 0.1) is 23.3 Å². The van der Waals surface area contributed by atoms with Crippen molar-refractivity contribution < 1.29 is 9.18 Å². The van der Waals surface area contributed by atoms with E-state index >= 15 is 0 Å². The maximum Gasteiger partial charge on any atom is 0.350 e. The van der Waals surface area contributed by atoms with Crippen molar-refractivity contribution in [2.24, 2.45) is 0 Å². The van der Waals surface area contributed by atoms with Crippen LogP contribution in [-0.2, 0) is 12.1 Å². The lowest BCUT2D eigenvalue weighted by Crippen LogP contribution is -2.48. The van der Waals surface area contributed by atoms with Gasteiger partial charge < -0.3 is 10.6 Å². The summed E-state index contributed by atoms with van der Waals surface area (Å²) in [5, 5.41) is 10.5. The minimum absolute atomic E-state index is 0.212. The molecule has 1 amide bonds. The van der Waals surface area contributed by atoms with Gasteiger partial charge in [-0.05, 0) is 54.2 Å². The normalized spacial score (nSPS) is 17.0. The van der Waals surface area contributed by atoms with Gasteiger partial charge in [-0.15, -0.1) is 5.10 Å². The number of amides is 1. The second kappa shape index (κ2) is 8.78. The number of dihydropyridines is 1. The fraction of sp³-hybridized carbons (Fsp3) is 0.120. The molecule has 0 radical (unpaired) electrons. The number of carbonyl (C=O) groups excluding carboxylic acids is 1. The predicted molar refractivity (Wildman–Crippen MR) is 125 cm³/mol. The Labute approximate surface area is 194 Å². The number of nitrogens with zero attached hydrogens (tertiary/aromatic N) is 4. The topological polar surface area (TPSA) is 93.3 Å². The van der Waals surface area contributed by atoms with Crippen LogP contribution in [0, 0.1) is 5.82 Å².